The monoisotopic (exact) mass is 224 g/mol. The average molecular weight is 224 g/mol. The van der Waals surface area contributed by atoms with E-state index in [-0.39, 0.29) is 6.04 Å². The van der Waals surface area contributed by atoms with Crippen LogP contribution in [0, 0.1) is 11.3 Å². The van der Waals surface area contributed by atoms with Gasteiger partial charge >= 0.3 is 0 Å². The van der Waals surface area contributed by atoms with Crippen LogP contribution >= 0.6 is 0 Å². The van der Waals surface area contributed by atoms with Crippen molar-refractivity contribution in [2.45, 2.75) is 52.0 Å². The summed E-state index contributed by atoms with van der Waals surface area (Å²) in [6.45, 7) is 6.34. The molecule has 0 spiro atoms. The molecule has 0 unspecified atom stereocenters. The Labute approximate surface area is 98.4 Å². The van der Waals surface area contributed by atoms with Crippen molar-refractivity contribution in [3.63, 3.8) is 0 Å². The van der Waals surface area contributed by atoms with Gasteiger partial charge < -0.3 is 10.6 Å². The minimum absolute atomic E-state index is 0.263. The second-order valence-electron chi connectivity index (χ2n) is 6.29. The van der Waals surface area contributed by atoms with Crippen molar-refractivity contribution in [3.05, 3.63) is 0 Å². The van der Waals surface area contributed by atoms with Gasteiger partial charge in [0.2, 0.25) is 5.91 Å². The van der Waals surface area contributed by atoms with Gasteiger partial charge in [-0.05, 0) is 30.6 Å². The van der Waals surface area contributed by atoms with E-state index in [2.05, 4.69) is 13.8 Å². The number of amides is 1. The van der Waals surface area contributed by atoms with Crippen molar-refractivity contribution >= 4 is 5.91 Å². The number of nitrogens with two attached hydrogens (primary N) is 1. The van der Waals surface area contributed by atoms with E-state index < -0.39 is 0 Å². The molecule has 1 saturated heterocycles. The average Bonchev–Trinajstić information content (AvgIpc) is 2.74. The molecule has 2 fully saturated rings. The second-order valence-corrected chi connectivity index (χ2v) is 6.29. The molecule has 92 valence electrons. The van der Waals surface area contributed by atoms with E-state index >= 15 is 0 Å². The number of nitrogens with zero attached hydrogens (tertiary/aromatic N) is 1. The van der Waals surface area contributed by atoms with Crippen LogP contribution in [0.3, 0.4) is 0 Å². The standard InChI is InChI=1S/C13H24N2O/c1-13(2)6-7-15(9-13)12(16)8-10-4-3-5-11(10)14/h10-11H,3-9,14H2,1-2H3/t10-,11+/m0/s1. The highest BCUT2D eigenvalue weighted by atomic mass is 16.2. The summed E-state index contributed by atoms with van der Waals surface area (Å²) < 4.78 is 0. The van der Waals surface area contributed by atoms with Crippen LogP contribution < -0.4 is 5.73 Å². The van der Waals surface area contributed by atoms with Crippen molar-refractivity contribution in [1.82, 2.24) is 4.90 Å². The van der Waals surface area contributed by atoms with Gasteiger partial charge in [-0.25, -0.2) is 0 Å². The van der Waals surface area contributed by atoms with E-state index in [0.717, 1.165) is 32.4 Å². The van der Waals surface area contributed by atoms with Crippen molar-refractivity contribution in [2.24, 2.45) is 17.1 Å². The lowest BCUT2D eigenvalue weighted by Gasteiger charge is -2.22. The van der Waals surface area contributed by atoms with Gasteiger partial charge in [-0.2, -0.15) is 0 Å². The van der Waals surface area contributed by atoms with E-state index in [1.807, 2.05) is 4.90 Å². The predicted octanol–water partition coefficient (Wildman–Crippen LogP) is 1.76. The highest BCUT2D eigenvalue weighted by Crippen LogP contribution is 2.32. The van der Waals surface area contributed by atoms with Crippen LogP contribution in [0.15, 0.2) is 0 Å². The van der Waals surface area contributed by atoms with Gasteiger partial charge in [-0.3, -0.25) is 4.79 Å². The lowest BCUT2D eigenvalue weighted by atomic mass is 9.93. The normalized spacial score (nSPS) is 33.3. The third-order valence-corrected chi connectivity index (χ3v) is 4.18. The summed E-state index contributed by atoms with van der Waals surface area (Å²) in [6, 6.07) is 0.263. The Balaban J connectivity index is 1.84. The van der Waals surface area contributed by atoms with Gasteiger partial charge in [0.1, 0.15) is 0 Å². The zero-order valence-corrected chi connectivity index (χ0v) is 10.5. The molecule has 16 heavy (non-hydrogen) atoms. The summed E-state index contributed by atoms with van der Waals surface area (Å²) in [4.78, 5) is 14.1. The zero-order chi connectivity index (χ0) is 11.8. The molecular weight excluding hydrogens is 200 g/mol. The smallest absolute Gasteiger partial charge is 0.222 e. The molecule has 3 heteroatoms. The first kappa shape index (κ1) is 11.9. The van der Waals surface area contributed by atoms with Crippen molar-refractivity contribution < 1.29 is 4.79 Å². The van der Waals surface area contributed by atoms with Crippen LogP contribution in [0.5, 0.6) is 0 Å². The minimum Gasteiger partial charge on any atom is -0.342 e. The molecule has 1 saturated carbocycles. The molecule has 2 N–H and O–H groups in total. The van der Waals surface area contributed by atoms with E-state index in [9.17, 15) is 4.79 Å². The van der Waals surface area contributed by atoms with Crippen LogP contribution in [0.25, 0.3) is 0 Å². The van der Waals surface area contributed by atoms with Crippen LogP contribution in [-0.2, 0) is 4.79 Å². The van der Waals surface area contributed by atoms with Crippen molar-refractivity contribution in [1.29, 1.82) is 0 Å². The van der Waals surface area contributed by atoms with Crippen LogP contribution in [0.1, 0.15) is 46.0 Å². The number of rotatable bonds is 2. The van der Waals surface area contributed by atoms with Gasteiger partial charge in [-0.1, -0.05) is 20.3 Å². The molecule has 0 aromatic heterocycles. The summed E-state index contributed by atoms with van der Waals surface area (Å²) >= 11 is 0. The lowest BCUT2D eigenvalue weighted by molar-refractivity contribution is -0.131. The van der Waals surface area contributed by atoms with E-state index in [1.165, 1.54) is 6.42 Å². The molecule has 1 amide bonds. The Kier molecular flexibility index (Phi) is 3.24. The fourth-order valence-electron chi connectivity index (χ4n) is 3.00. The predicted molar refractivity (Wildman–Crippen MR) is 64.9 cm³/mol. The molecule has 2 rings (SSSR count). The van der Waals surface area contributed by atoms with Gasteiger partial charge in [0, 0.05) is 25.6 Å². The first-order valence-electron chi connectivity index (χ1n) is 6.51. The lowest BCUT2D eigenvalue weighted by Crippen LogP contribution is -2.34. The molecule has 1 aliphatic heterocycles. The van der Waals surface area contributed by atoms with Gasteiger partial charge in [-0.15, -0.1) is 0 Å². The largest absolute Gasteiger partial charge is 0.342 e. The number of hydrogen-bond acceptors (Lipinski definition) is 2. The van der Waals surface area contributed by atoms with Crippen LogP contribution in [-0.4, -0.2) is 29.9 Å². The minimum atomic E-state index is 0.263. The van der Waals surface area contributed by atoms with Crippen molar-refractivity contribution in [3.8, 4) is 0 Å². The van der Waals surface area contributed by atoms with Crippen molar-refractivity contribution in [2.75, 3.05) is 13.1 Å². The zero-order valence-electron chi connectivity index (χ0n) is 10.5. The number of carbonyl (C=O) groups is 1. The Morgan fingerprint density at radius 3 is 2.69 bits per heavy atom. The maximum Gasteiger partial charge on any atom is 0.222 e. The van der Waals surface area contributed by atoms with Crippen LogP contribution in [0.2, 0.25) is 0 Å². The molecule has 1 aliphatic carbocycles. The summed E-state index contributed by atoms with van der Waals surface area (Å²) in [5, 5.41) is 0. The number of likely N-dealkylation sites (tertiary alicyclic amines) is 1. The number of carbonyl (C=O) groups excluding carboxylic acids is 1. The molecule has 0 aromatic rings. The third-order valence-electron chi connectivity index (χ3n) is 4.18. The highest BCUT2D eigenvalue weighted by Gasteiger charge is 2.34. The SMILES string of the molecule is CC1(C)CCN(C(=O)C[C@@H]2CCC[C@H]2N)C1. The molecular formula is C13H24N2O. The van der Waals surface area contributed by atoms with Gasteiger partial charge in [0.25, 0.3) is 0 Å². The van der Waals surface area contributed by atoms with E-state index in [4.69, 9.17) is 5.73 Å². The maximum absolute atomic E-state index is 12.1. The molecule has 0 bridgehead atoms. The summed E-state index contributed by atoms with van der Waals surface area (Å²) in [5.74, 6) is 0.768. The maximum atomic E-state index is 12.1. The Hall–Kier alpha value is -0.570. The molecule has 2 atom stereocenters. The molecule has 3 nitrogen and oxygen atoms in total. The third kappa shape index (κ3) is 2.57. The Morgan fingerprint density at radius 2 is 2.19 bits per heavy atom. The van der Waals surface area contributed by atoms with Gasteiger partial charge in [0.15, 0.2) is 0 Å². The Morgan fingerprint density at radius 1 is 1.44 bits per heavy atom. The molecule has 1 heterocycles. The van der Waals surface area contributed by atoms with E-state index in [0.29, 0.717) is 23.7 Å². The second kappa shape index (κ2) is 4.36. The van der Waals surface area contributed by atoms with Gasteiger partial charge in [0.05, 0.1) is 0 Å². The Bertz CT molecular complexity index is 275. The van der Waals surface area contributed by atoms with Crippen LogP contribution in [0.4, 0.5) is 0 Å². The molecule has 0 aromatic carbocycles. The summed E-state index contributed by atoms with van der Waals surface area (Å²) in [5.41, 5.74) is 6.32. The fraction of sp³-hybridized carbons (Fsp3) is 0.923. The fourth-order valence-corrected chi connectivity index (χ4v) is 3.00. The molecule has 0 radical (unpaired) electrons. The van der Waals surface area contributed by atoms with E-state index in [1.54, 1.807) is 0 Å². The topological polar surface area (TPSA) is 46.3 Å². The number of hydrogen-bond donors (Lipinski definition) is 1. The first-order valence-corrected chi connectivity index (χ1v) is 6.51. The summed E-state index contributed by atoms with van der Waals surface area (Å²) in [6.07, 6.45) is 5.25. The first-order chi connectivity index (χ1) is 7.48. The quantitative estimate of drug-likeness (QED) is 0.777. The molecule has 2 aliphatic rings. The summed E-state index contributed by atoms with van der Waals surface area (Å²) in [7, 11) is 0. The highest BCUT2D eigenvalue weighted by molar-refractivity contribution is 5.77.